The number of nitrogens with one attached hydrogen (secondary N) is 1. The number of benzene rings is 1. The lowest BCUT2D eigenvalue weighted by molar-refractivity contribution is 0.218. The van der Waals surface area contributed by atoms with E-state index in [9.17, 15) is 0 Å². The molecule has 0 aliphatic heterocycles. The Kier molecular flexibility index (Phi) is 6.04. The van der Waals surface area contributed by atoms with Crippen LogP contribution in [-0.4, -0.2) is 34.4 Å². The van der Waals surface area contributed by atoms with Gasteiger partial charge in [0.05, 0.1) is 12.4 Å². The number of nitrogen functional groups attached to an aromatic ring is 1. The zero-order valence-electron chi connectivity index (χ0n) is 11.5. The van der Waals surface area contributed by atoms with Gasteiger partial charge in [0.25, 0.3) is 0 Å². The number of nitrogens with two attached hydrogens (primary N) is 1. The highest BCUT2D eigenvalue weighted by Gasteiger charge is 2.05. The van der Waals surface area contributed by atoms with Gasteiger partial charge in [-0.3, -0.25) is 0 Å². The molecule has 0 unspecified atom stereocenters. The van der Waals surface area contributed by atoms with Crippen molar-refractivity contribution in [3.63, 3.8) is 0 Å². The van der Waals surface area contributed by atoms with Gasteiger partial charge in [-0.15, -0.1) is 0 Å². The van der Waals surface area contributed by atoms with Crippen molar-refractivity contribution in [2.75, 3.05) is 30.5 Å². The number of rotatable bonds is 7. The number of nitrogens with zero attached hydrogens (tertiary/aromatic N) is 3. The Bertz CT molecular complexity index is 581. The predicted octanol–water partition coefficient (Wildman–Crippen LogP) is 2.73. The van der Waals surface area contributed by atoms with Gasteiger partial charge in [-0.25, -0.2) is 0 Å². The summed E-state index contributed by atoms with van der Waals surface area (Å²) < 4.78 is 4.99. The minimum atomic E-state index is 0.198. The maximum atomic E-state index is 5.85. The van der Waals surface area contributed by atoms with E-state index in [0.717, 1.165) is 11.4 Å². The first-order chi connectivity index (χ1) is 10.2. The van der Waals surface area contributed by atoms with E-state index in [4.69, 9.17) is 22.1 Å². The summed E-state index contributed by atoms with van der Waals surface area (Å²) in [5.74, 6) is 2.80. The molecule has 0 fully saturated rings. The Hall–Kier alpha value is -1.57. The van der Waals surface area contributed by atoms with Crippen molar-refractivity contribution in [1.29, 1.82) is 0 Å². The highest BCUT2D eigenvalue weighted by atomic mass is 35.5. The van der Waals surface area contributed by atoms with Crippen LogP contribution < -0.4 is 11.1 Å². The summed E-state index contributed by atoms with van der Waals surface area (Å²) in [6, 6.07) is 7.26. The van der Waals surface area contributed by atoms with Crippen LogP contribution in [0, 0.1) is 0 Å². The Morgan fingerprint density at radius 2 is 2.00 bits per heavy atom. The summed E-state index contributed by atoms with van der Waals surface area (Å²) >= 11 is 7.52. The van der Waals surface area contributed by atoms with Crippen LogP contribution in [0.4, 0.5) is 17.6 Å². The van der Waals surface area contributed by atoms with E-state index >= 15 is 0 Å². The third-order valence-electron chi connectivity index (χ3n) is 2.46. The lowest BCUT2D eigenvalue weighted by Crippen LogP contribution is -2.07. The van der Waals surface area contributed by atoms with Crippen molar-refractivity contribution >= 4 is 40.9 Å². The van der Waals surface area contributed by atoms with Crippen LogP contribution in [0.2, 0.25) is 5.02 Å². The molecule has 112 valence electrons. The van der Waals surface area contributed by atoms with Crippen LogP contribution in [-0.2, 0) is 10.5 Å². The largest absolute Gasteiger partial charge is 0.384 e. The predicted molar refractivity (Wildman–Crippen MR) is 87.0 cm³/mol. The molecule has 8 heteroatoms. The molecule has 1 aromatic heterocycles. The van der Waals surface area contributed by atoms with Crippen LogP contribution in [0.25, 0.3) is 0 Å². The molecule has 0 aliphatic rings. The van der Waals surface area contributed by atoms with E-state index in [1.165, 1.54) is 0 Å². The fourth-order valence-electron chi connectivity index (χ4n) is 1.53. The van der Waals surface area contributed by atoms with Crippen LogP contribution in [0.15, 0.2) is 24.3 Å². The molecular weight excluding hydrogens is 310 g/mol. The second kappa shape index (κ2) is 8.02. The molecule has 0 saturated heterocycles. The van der Waals surface area contributed by atoms with Crippen molar-refractivity contribution in [3.8, 4) is 0 Å². The highest BCUT2D eigenvalue weighted by molar-refractivity contribution is 7.98. The second-order valence-corrected chi connectivity index (χ2v) is 5.65. The number of ether oxygens (including phenoxy) is 1. The van der Waals surface area contributed by atoms with Crippen LogP contribution in [0.1, 0.15) is 5.82 Å². The van der Waals surface area contributed by atoms with Crippen molar-refractivity contribution in [1.82, 2.24) is 15.0 Å². The Morgan fingerprint density at radius 3 is 2.71 bits per heavy atom. The molecule has 0 atom stereocenters. The molecule has 0 amide bonds. The zero-order chi connectivity index (χ0) is 15.1. The Morgan fingerprint density at radius 1 is 1.24 bits per heavy atom. The first-order valence-electron chi connectivity index (χ1n) is 6.27. The van der Waals surface area contributed by atoms with Crippen molar-refractivity contribution < 1.29 is 4.74 Å². The van der Waals surface area contributed by atoms with Crippen LogP contribution in [0.5, 0.6) is 0 Å². The summed E-state index contributed by atoms with van der Waals surface area (Å²) in [5.41, 5.74) is 6.55. The van der Waals surface area contributed by atoms with E-state index in [0.29, 0.717) is 29.2 Å². The molecule has 6 nitrogen and oxygen atoms in total. The molecule has 1 aromatic carbocycles. The van der Waals surface area contributed by atoms with Gasteiger partial charge in [0.15, 0.2) is 0 Å². The molecule has 0 radical (unpaired) electrons. The van der Waals surface area contributed by atoms with E-state index in [1.807, 2.05) is 12.1 Å². The fraction of sp³-hybridized carbons (Fsp3) is 0.308. The molecule has 0 saturated carbocycles. The van der Waals surface area contributed by atoms with E-state index in [2.05, 4.69) is 20.3 Å². The summed E-state index contributed by atoms with van der Waals surface area (Å²) in [6.45, 7) is 0.696. The Labute approximate surface area is 132 Å². The molecule has 0 spiro atoms. The quantitative estimate of drug-likeness (QED) is 0.757. The minimum Gasteiger partial charge on any atom is -0.384 e. The number of halogens is 1. The number of hydrogen-bond acceptors (Lipinski definition) is 7. The maximum Gasteiger partial charge on any atom is 0.232 e. The minimum absolute atomic E-state index is 0.198. The Balaban J connectivity index is 2.02. The molecule has 0 bridgehead atoms. The molecule has 3 N–H and O–H groups in total. The van der Waals surface area contributed by atoms with E-state index < -0.39 is 0 Å². The van der Waals surface area contributed by atoms with Gasteiger partial charge in [0, 0.05) is 23.6 Å². The zero-order valence-corrected chi connectivity index (χ0v) is 13.1. The SMILES string of the molecule is COCCSCc1nc(N)nc(Nc2ccc(Cl)cc2)n1. The van der Waals surface area contributed by atoms with E-state index in [-0.39, 0.29) is 5.95 Å². The van der Waals surface area contributed by atoms with Crippen molar-refractivity contribution in [3.05, 3.63) is 35.1 Å². The number of hydrogen-bond donors (Lipinski definition) is 2. The van der Waals surface area contributed by atoms with Crippen molar-refractivity contribution in [2.45, 2.75) is 5.75 Å². The highest BCUT2D eigenvalue weighted by Crippen LogP contribution is 2.18. The van der Waals surface area contributed by atoms with Gasteiger partial charge in [-0.1, -0.05) is 11.6 Å². The number of anilines is 3. The van der Waals surface area contributed by atoms with E-state index in [1.54, 1.807) is 31.0 Å². The fourth-order valence-corrected chi connectivity index (χ4v) is 2.39. The van der Waals surface area contributed by atoms with Gasteiger partial charge in [-0.05, 0) is 24.3 Å². The number of methoxy groups -OCH3 is 1. The summed E-state index contributed by atoms with van der Waals surface area (Å²) in [4.78, 5) is 12.5. The smallest absolute Gasteiger partial charge is 0.232 e. The van der Waals surface area contributed by atoms with Gasteiger partial charge in [0.2, 0.25) is 11.9 Å². The molecule has 1 heterocycles. The first-order valence-corrected chi connectivity index (χ1v) is 7.80. The first kappa shape index (κ1) is 15.8. The molecule has 2 rings (SSSR count). The second-order valence-electron chi connectivity index (χ2n) is 4.11. The normalized spacial score (nSPS) is 10.6. The van der Waals surface area contributed by atoms with Crippen molar-refractivity contribution in [2.24, 2.45) is 0 Å². The summed E-state index contributed by atoms with van der Waals surface area (Å²) in [6.07, 6.45) is 0. The summed E-state index contributed by atoms with van der Waals surface area (Å²) in [5, 5.41) is 3.75. The third kappa shape index (κ3) is 5.37. The van der Waals surface area contributed by atoms with Gasteiger partial charge >= 0.3 is 0 Å². The average Bonchev–Trinajstić information content (AvgIpc) is 2.46. The third-order valence-corrected chi connectivity index (χ3v) is 3.63. The molecular formula is C13H16ClN5OS. The summed E-state index contributed by atoms with van der Waals surface area (Å²) in [7, 11) is 1.68. The average molecular weight is 326 g/mol. The topological polar surface area (TPSA) is 86.0 Å². The number of thioether (sulfide) groups is 1. The number of aromatic nitrogens is 3. The van der Waals surface area contributed by atoms with Gasteiger partial charge in [0.1, 0.15) is 5.82 Å². The molecule has 2 aromatic rings. The maximum absolute atomic E-state index is 5.85. The molecule has 21 heavy (non-hydrogen) atoms. The lowest BCUT2D eigenvalue weighted by Gasteiger charge is -2.07. The lowest BCUT2D eigenvalue weighted by atomic mass is 10.3. The van der Waals surface area contributed by atoms with Crippen LogP contribution >= 0.6 is 23.4 Å². The van der Waals surface area contributed by atoms with Gasteiger partial charge < -0.3 is 15.8 Å². The molecule has 0 aliphatic carbocycles. The monoisotopic (exact) mass is 325 g/mol. The standard InChI is InChI=1S/C13H16ClN5OS/c1-20-6-7-21-8-11-17-12(15)19-13(18-11)16-10-4-2-9(14)3-5-10/h2-5H,6-8H2,1H3,(H3,15,16,17,18,19). The van der Waals surface area contributed by atoms with Gasteiger partial charge in [-0.2, -0.15) is 26.7 Å². The van der Waals surface area contributed by atoms with Crippen LogP contribution in [0.3, 0.4) is 0 Å².